The largest absolute Gasteiger partial charge is 0.220 e. The average Bonchev–Trinajstić information content (AvgIpc) is 3.59. The lowest BCUT2D eigenvalue weighted by atomic mass is 9.82. The number of benzene rings is 2. The van der Waals surface area contributed by atoms with Gasteiger partial charge in [-0.3, -0.25) is 0 Å². The topological polar surface area (TPSA) is 3.88 Å². The number of nitrogens with zero attached hydrogens (tertiary/aromatic N) is 1. The van der Waals surface area contributed by atoms with Crippen molar-refractivity contribution in [1.82, 2.24) is 0 Å². The molecule has 1 nitrogen and oxygen atoms in total. The summed E-state index contributed by atoms with van der Waals surface area (Å²) in [5.74, 6) is 3.23. The smallest absolute Gasteiger partial charge is 0.198 e. The van der Waals surface area contributed by atoms with Crippen LogP contribution in [-0.4, -0.2) is 0 Å². The van der Waals surface area contributed by atoms with Gasteiger partial charge in [-0.25, -0.2) is 0 Å². The summed E-state index contributed by atoms with van der Waals surface area (Å²) in [5, 5.41) is 2.38. The first-order valence-corrected chi connectivity index (χ1v) is 13.0. The maximum Gasteiger partial charge on any atom is 0.220 e. The van der Waals surface area contributed by atoms with Gasteiger partial charge in [-0.15, -0.1) is 0 Å². The molecule has 2 aromatic carbocycles. The van der Waals surface area contributed by atoms with Gasteiger partial charge in [0.1, 0.15) is 7.05 Å². The SMILES string of the molecule is [2H]c1c(C)[n+](C)c(-c2cc(C3CCCC3)cc(C)c2C)c2ccc(C3CC4CCC3C4)cc12. The fraction of sp³-hybridized carbons (Fsp3) is 0.516. The monoisotopic (exact) mass is 425 g/mol. The lowest BCUT2D eigenvalue weighted by Gasteiger charge is -2.22. The van der Waals surface area contributed by atoms with E-state index in [0.717, 1.165) is 22.9 Å². The third-order valence-electron chi connectivity index (χ3n) is 9.39. The molecule has 3 aliphatic carbocycles. The number of aryl methyl sites for hydroxylation is 1. The Kier molecular flexibility index (Phi) is 4.66. The Morgan fingerprint density at radius 1 is 0.906 bits per heavy atom. The van der Waals surface area contributed by atoms with Gasteiger partial charge in [0.15, 0.2) is 5.69 Å². The molecule has 0 amide bonds. The first kappa shape index (κ1) is 19.3. The molecule has 0 N–H and O–H groups in total. The highest BCUT2D eigenvalue weighted by Gasteiger charge is 2.40. The fourth-order valence-electron chi connectivity index (χ4n) is 7.34. The molecule has 1 aromatic heterocycles. The molecule has 0 radical (unpaired) electrons. The number of rotatable bonds is 3. The quantitative estimate of drug-likeness (QED) is 0.377. The van der Waals surface area contributed by atoms with Gasteiger partial charge in [0.05, 0.1) is 12.3 Å². The van der Waals surface area contributed by atoms with Gasteiger partial charge in [-0.05, 0) is 109 Å². The van der Waals surface area contributed by atoms with Crippen LogP contribution < -0.4 is 4.57 Å². The summed E-state index contributed by atoms with van der Waals surface area (Å²) < 4.78 is 11.3. The molecule has 2 bridgehead atoms. The molecule has 3 saturated carbocycles. The number of pyridine rings is 1. The zero-order valence-corrected chi connectivity index (χ0v) is 20.3. The molecule has 3 aliphatic rings. The fourth-order valence-corrected chi connectivity index (χ4v) is 7.34. The van der Waals surface area contributed by atoms with Gasteiger partial charge in [-0.2, -0.15) is 4.57 Å². The van der Waals surface area contributed by atoms with Gasteiger partial charge < -0.3 is 0 Å². The first-order chi connectivity index (χ1) is 15.9. The minimum Gasteiger partial charge on any atom is -0.198 e. The summed E-state index contributed by atoms with van der Waals surface area (Å²) in [7, 11) is 2.16. The molecule has 1 heteroatoms. The normalized spacial score (nSPS) is 25.8. The van der Waals surface area contributed by atoms with Crippen LogP contribution in [0.1, 0.15) is 92.5 Å². The molecule has 166 valence electrons. The summed E-state index contributed by atoms with van der Waals surface area (Å²) in [6.45, 7) is 6.68. The Labute approximate surface area is 195 Å². The van der Waals surface area contributed by atoms with E-state index in [0.29, 0.717) is 17.9 Å². The van der Waals surface area contributed by atoms with Gasteiger partial charge in [-0.1, -0.05) is 37.5 Å². The molecular formula is C31H38N+. The summed E-state index contributed by atoms with van der Waals surface area (Å²) >= 11 is 0. The van der Waals surface area contributed by atoms with E-state index in [2.05, 4.69) is 62.7 Å². The van der Waals surface area contributed by atoms with Crippen molar-refractivity contribution in [3.8, 4) is 11.3 Å². The van der Waals surface area contributed by atoms with Crippen LogP contribution >= 0.6 is 0 Å². The lowest BCUT2D eigenvalue weighted by Crippen LogP contribution is -2.35. The van der Waals surface area contributed by atoms with E-state index in [1.54, 1.807) is 0 Å². The molecule has 6 rings (SSSR count). The van der Waals surface area contributed by atoms with E-state index < -0.39 is 0 Å². The Hall–Kier alpha value is -2.15. The van der Waals surface area contributed by atoms with Gasteiger partial charge in [0, 0.05) is 13.0 Å². The van der Waals surface area contributed by atoms with Crippen LogP contribution in [0.15, 0.2) is 36.4 Å². The number of aromatic nitrogens is 1. The first-order valence-electron chi connectivity index (χ1n) is 13.5. The third kappa shape index (κ3) is 3.23. The average molecular weight is 426 g/mol. The van der Waals surface area contributed by atoms with Crippen LogP contribution in [0.3, 0.4) is 0 Å². The zero-order chi connectivity index (χ0) is 22.9. The summed E-state index contributed by atoms with van der Waals surface area (Å²) in [4.78, 5) is 0. The molecule has 3 fully saturated rings. The predicted octanol–water partition coefficient (Wildman–Crippen LogP) is 7.82. The standard InChI is InChI=1S/C31H38N/c1-19-13-26(23-7-5-6-8-23)18-29(21(19)3)31-28-12-11-25(17-27(28)14-20(2)32(31)4)30-16-22-9-10-24(30)15-22/h11-14,17-18,22-24,30H,5-10,15-16H2,1-4H3/q+1/i14D. The van der Waals surface area contributed by atoms with E-state index >= 15 is 0 Å². The molecule has 3 unspecified atom stereocenters. The summed E-state index contributed by atoms with van der Waals surface area (Å²) in [5.41, 5.74) is 9.49. The van der Waals surface area contributed by atoms with E-state index in [1.807, 2.05) is 0 Å². The molecule has 3 atom stereocenters. The molecule has 0 saturated heterocycles. The second-order valence-corrected chi connectivity index (χ2v) is 11.2. The minimum absolute atomic E-state index is 0.697. The molecule has 1 heterocycles. The van der Waals surface area contributed by atoms with E-state index in [4.69, 9.17) is 1.37 Å². The van der Waals surface area contributed by atoms with Crippen LogP contribution in [0.5, 0.6) is 0 Å². The van der Waals surface area contributed by atoms with Gasteiger partial charge in [0.2, 0.25) is 5.69 Å². The Bertz CT molecular complexity index is 1250. The van der Waals surface area contributed by atoms with Crippen LogP contribution in [0.4, 0.5) is 0 Å². The maximum atomic E-state index is 9.01. The Balaban J connectivity index is 1.54. The lowest BCUT2D eigenvalue weighted by molar-refractivity contribution is -0.665. The second-order valence-electron chi connectivity index (χ2n) is 11.2. The van der Waals surface area contributed by atoms with Crippen LogP contribution in [-0.2, 0) is 7.05 Å². The van der Waals surface area contributed by atoms with E-state index in [1.165, 1.54) is 90.3 Å². The van der Waals surface area contributed by atoms with Crippen molar-refractivity contribution in [2.45, 2.75) is 84.0 Å². The third-order valence-corrected chi connectivity index (χ3v) is 9.39. The second kappa shape index (κ2) is 7.72. The van der Waals surface area contributed by atoms with Gasteiger partial charge >= 0.3 is 0 Å². The Morgan fingerprint density at radius 3 is 2.44 bits per heavy atom. The number of hydrogen-bond donors (Lipinski definition) is 0. The summed E-state index contributed by atoms with van der Waals surface area (Å²) in [6, 6.07) is 12.8. The summed E-state index contributed by atoms with van der Waals surface area (Å²) in [6.07, 6.45) is 11.0. The van der Waals surface area contributed by atoms with Crippen molar-refractivity contribution >= 4 is 10.8 Å². The van der Waals surface area contributed by atoms with Crippen LogP contribution in [0.25, 0.3) is 22.0 Å². The van der Waals surface area contributed by atoms with E-state index in [9.17, 15) is 0 Å². The van der Waals surface area contributed by atoms with Crippen LogP contribution in [0.2, 0.25) is 0 Å². The highest BCUT2D eigenvalue weighted by molar-refractivity contribution is 5.94. The van der Waals surface area contributed by atoms with Crippen molar-refractivity contribution in [2.75, 3.05) is 0 Å². The highest BCUT2D eigenvalue weighted by Crippen LogP contribution is 2.53. The van der Waals surface area contributed by atoms with Crippen molar-refractivity contribution in [1.29, 1.82) is 0 Å². The number of hydrogen-bond acceptors (Lipinski definition) is 0. The molecule has 32 heavy (non-hydrogen) atoms. The number of fused-ring (bicyclic) bond motifs is 3. The maximum absolute atomic E-state index is 9.01. The predicted molar refractivity (Wildman–Crippen MR) is 134 cm³/mol. The van der Waals surface area contributed by atoms with E-state index in [-0.39, 0.29) is 0 Å². The molecule has 0 aliphatic heterocycles. The highest BCUT2D eigenvalue weighted by atomic mass is 14.9. The molecule has 0 spiro atoms. The zero-order valence-electron chi connectivity index (χ0n) is 21.3. The van der Waals surface area contributed by atoms with Gasteiger partial charge in [0.25, 0.3) is 0 Å². The Morgan fingerprint density at radius 2 is 1.72 bits per heavy atom. The minimum atomic E-state index is 0.697. The molecule has 3 aromatic rings. The van der Waals surface area contributed by atoms with Crippen molar-refractivity contribution in [3.63, 3.8) is 0 Å². The van der Waals surface area contributed by atoms with Crippen molar-refractivity contribution in [3.05, 3.63) is 64.3 Å². The van der Waals surface area contributed by atoms with Crippen molar-refractivity contribution in [2.24, 2.45) is 18.9 Å². The van der Waals surface area contributed by atoms with Crippen molar-refractivity contribution < 1.29 is 5.94 Å². The van der Waals surface area contributed by atoms with Crippen LogP contribution in [0, 0.1) is 32.6 Å². The molecular weight excluding hydrogens is 386 g/mol.